The molecule has 1 aromatic heterocycles. The van der Waals surface area contributed by atoms with E-state index in [0.717, 1.165) is 13.1 Å². The van der Waals surface area contributed by atoms with Gasteiger partial charge in [0, 0.05) is 25.3 Å². The third-order valence-corrected chi connectivity index (χ3v) is 4.45. The zero-order valence-corrected chi connectivity index (χ0v) is 11.7. The van der Waals surface area contributed by atoms with Crippen molar-refractivity contribution in [1.82, 2.24) is 9.88 Å². The Bertz CT molecular complexity index is 419. The molecule has 4 heteroatoms. The van der Waals surface area contributed by atoms with Crippen LogP contribution in [0.3, 0.4) is 0 Å². The number of anilines is 1. The van der Waals surface area contributed by atoms with E-state index in [-0.39, 0.29) is 11.4 Å². The first-order chi connectivity index (χ1) is 8.43. The van der Waals surface area contributed by atoms with E-state index in [4.69, 9.17) is 0 Å². The summed E-state index contributed by atoms with van der Waals surface area (Å²) in [6, 6.07) is 1.74. The normalized spacial score (nSPS) is 23.3. The van der Waals surface area contributed by atoms with Gasteiger partial charge in [0.15, 0.2) is 5.82 Å². The summed E-state index contributed by atoms with van der Waals surface area (Å²) in [6.45, 7) is 6.52. The van der Waals surface area contributed by atoms with Gasteiger partial charge in [0.05, 0.1) is 11.9 Å². The number of pyridine rings is 1. The molecule has 1 aromatic rings. The van der Waals surface area contributed by atoms with E-state index in [9.17, 15) is 4.39 Å². The Balaban J connectivity index is 2.09. The molecule has 0 aliphatic carbocycles. The Morgan fingerprint density at radius 3 is 2.83 bits per heavy atom. The number of hydrogen-bond acceptors (Lipinski definition) is 3. The Morgan fingerprint density at radius 2 is 2.28 bits per heavy atom. The maximum atomic E-state index is 13.7. The van der Waals surface area contributed by atoms with Crippen LogP contribution in [-0.2, 0) is 0 Å². The monoisotopic (exact) mass is 251 g/mol. The van der Waals surface area contributed by atoms with Gasteiger partial charge in [-0.25, -0.2) is 4.39 Å². The summed E-state index contributed by atoms with van der Waals surface area (Å²) in [4.78, 5) is 8.18. The van der Waals surface area contributed by atoms with Crippen molar-refractivity contribution < 1.29 is 4.39 Å². The number of likely N-dealkylation sites (tertiary alicyclic amines) is 1. The predicted molar refractivity (Wildman–Crippen MR) is 72.3 cm³/mol. The van der Waals surface area contributed by atoms with E-state index in [2.05, 4.69) is 30.8 Å². The van der Waals surface area contributed by atoms with Crippen LogP contribution < -0.4 is 4.90 Å². The highest BCUT2D eigenvalue weighted by atomic mass is 19.1. The van der Waals surface area contributed by atoms with Crippen LogP contribution in [0.15, 0.2) is 18.5 Å². The van der Waals surface area contributed by atoms with Crippen LogP contribution in [0.25, 0.3) is 0 Å². The second-order valence-corrected chi connectivity index (χ2v) is 5.77. The average Bonchev–Trinajstić information content (AvgIpc) is 2.56. The summed E-state index contributed by atoms with van der Waals surface area (Å²) in [5.41, 5.74) is 0.813. The van der Waals surface area contributed by atoms with Crippen LogP contribution >= 0.6 is 0 Å². The van der Waals surface area contributed by atoms with Crippen molar-refractivity contribution >= 4 is 5.69 Å². The highest BCUT2D eigenvalue weighted by molar-refractivity contribution is 5.45. The Hall–Kier alpha value is -1.16. The number of hydrogen-bond donors (Lipinski definition) is 0. The lowest BCUT2D eigenvalue weighted by atomic mass is 9.88. The molecule has 100 valence electrons. The number of nitrogens with zero attached hydrogens (tertiary/aromatic N) is 3. The first-order valence-electron chi connectivity index (χ1n) is 6.45. The molecule has 1 aliphatic heterocycles. The number of rotatable bonds is 3. The first kappa shape index (κ1) is 13.3. The molecular formula is C14H22FN3. The van der Waals surface area contributed by atoms with Gasteiger partial charge in [-0.2, -0.15) is 0 Å². The maximum absolute atomic E-state index is 13.7. The maximum Gasteiger partial charge on any atom is 0.164 e. The quantitative estimate of drug-likeness (QED) is 0.822. The van der Waals surface area contributed by atoms with Crippen molar-refractivity contribution in [2.24, 2.45) is 5.92 Å². The molecule has 0 radical (unpaired) electrons. The summed E-state index contributed by atoms with van der Waals surface area (Å²) < 4.78 is 13.7. The molecular weight excluding hydrogens is 229 g/mol. The van der Waals surface area contributed by atoms with Crippen molar-refractivity contribution in [2.45, 2.75) is 25.8 Å². The molecule has 1 unspecified atom stereocenters. The number of aromatic nitrogens is 1. The molecule has 0 N–H and O–H groups in total. The summed E-state index contributed by atoms with van der Waals surface area (Å²) in [6.07, 6.45) is 4.08. The lowest BCUT2D eigenvalue weighted by molar-refractivity contribution is 0.174. The summed E-state index contributed by atoms with van der Waals surface area (Å²) >= 11 is 0. The van der Waals surface area contributed by atoms with Gasteiger partial charge < -0.3 is 9.80 Å². The molecule has 1 saturated heterocycles. The van der Waals surface area contributed by atoms with Crippen LogP contribution in [0.1, 0.15) is 20.3 Å². The van der Waals surface area contributed by atoms with E-state index in [1.807, 2.05) is 11.9 Å². The van der Waals surface area contributed by atoms with Gasteiger partial charge >= 0.3 is 0 Å². The van der Waals surface area contributed by atoms with E-state index >= 15 is 0 Å². The standard InChI is InChI=1S/C14H22FN3/c1-14(2)11(6-8-18(14)4)10-17(3)13-5-7-16-9-12(13)15/h5,7,9,11H,6,8,10H2,1-4H3. The smallest absolute Gasteiger partial charge is 0.164 e. The second-order valence-electron chi connectivity index (χ2n) is 5.77. The fourth-order valence-electron chi connectivity index (χ4n) is 2.72. The van der Waals surface area contributed by atoms with E-state index < -0.39 is 0 Å². The molecule has 1 aliphatic rings. The highest BCUT2D eigenvalue weighted by Crippen LogP contribution is 2.34. The van der Waals surface area contributed by atoms with E-state index in [1.54, 1.807) is 12.3 Å². The minimum absolute atomic E-state index is 0.178. The molecule has 1 fully saturated rings. The molecule has 18 heavy (non-hydrogen) atoms. The molecule has 0 saturated carbocycles. The zero-order chi connectivity index (χ0) is 13.3. The van der Waals surface area contributed by atoms with Crippen LogP contribution in [0.5, 0.6) is 0 Å². The van der Waals surface area contributed by atoms with Gasteiger partial charge in [0.25, 0.3) is 0 Å². The van der Waals surface area contributed by atoms with Crippen molar-refractivity contribution in [3.63, 3.8) is 0 Å². The van der Waals surface area contributed by atoms with Crippen molar-refractivity contribution in [1.29, 1.82) is 0 Å². The minimum atomic E-state index is -0.246. The van der Waals surface area contributed by atoms with Crippen LogP contribution in [-0.4, -0.2) is 42.6 Å². The summed E-state index contributed by atoms with van der Waals surface area (Å²) in [7, 11) is 4.11. The topological polar surface area (TPSA) is 19.4 Å². The van der Waals surface area contributed by atoms with Crippen molar-refractivity contribution in [2.75, 3.05) is 32.1 Å². The lowest BCUT2D eigenvalue weighted by Gasteiger charge is -2.36. The molecule has 2 heterocycles. The molecule has 0 aromatic carbocycles. The fourth-order valence-corrected chi connectivity index (χ4v) is 2.72. The minimum Gasteiger partial charge on any atom is -0.372 e. The molecule has 0 spiro atoms. The molecule has 1 atom stereocenters. The zero-order valence-electron chi connectivity index (χ0n) is 11.7. The van der Waals surface area contributed by atoms with E-state index in [1.165, 1.54) is 12.6 Å². The third-order valence-electron chi connectivity index (χ3n) is 4.45. The molecule has 3 nitrogen and oxygen atoms in total. The Labute approximate surface area is 109 Å². The van der Waals surface area contributed by atoms with Crippen LogP contribution in [0.4, 0.5) is 10.1 Å². The van der Waals surface area contributed by atoms with Gasteiger partial charge in [0.2, 0.25) is 0 Å². The number of halogens is 1. The molecule has 0 amide bonds. The van der Waals surface area contributed by atoms with Crippen molar-refractivity contribution in [3.8, 4) is 0 Å². The van der Waals surface area contributed by atoms with Gasteiger partial charge in [-0.3, -0.25) is 4.98 Å². The first-order valence-corrected chi connectivity index (χ1v) is 6.45. The Kier molecular flexibility index (Phi) is 3.57. The van der Waals surface area contributed by atoms with Crippen LogP contribution in [0, 0.1) is 11.7 Å². The summed E-state index contributed by atoms with van der Waals surface area (Å²) in [5.74, 6) is 0.309. The fraction of sp³-hybridized carbons (Fsp3) is 0.643. The SMILES string of the molecule is CN(CC1CCN(C)C1(C)C)c1ccncc1F. The van der Waals surface area contributed by atoms with E-state index in [0.29, 0.717) is 11.6 Å². The highest BCUT2D eigenvalue weighted by Gasteiger charge is 2.39. The summed E-state index contributed by atoms with van der Waals surface area (Å²) in [5, 5.41) is 0. The Morgan fingerprint density at radius 1 is 1.56 bits per heavy atom. The van der Waals surface area contributed by atoms with Gasteiger partial charge in [-0.15, -0.1) is 0 Å². The molecule has 0 bridgehead atoms. The largest absolute Gasteiger partial charge is 0.372 e. The van der Waals surface area contributed by atoms with Gasteiger partial charge in [-0.05, 0) is 45.8 Å². The average molecular weight is 251 g/mol. The van der Waals surface area contributed by atoms with Crippen molar-refractivity contribution in [3.05, 3.63) is 24.3 Å². The van der Waals surface area contributed by atoms with Gasteiger partial charge in [0.1, 0.15) is 0 Å². The third kappa shape index (κ3) is 2.34. The predicted octanol–water partition coefficient (Wildman–Crippen LogP) is 2.39. The van der Waals surface area contributed by atoms with Gasteiger partial charge in [-0.1, -0.05) is 0 Å². The second kappa shape index (κ2) is 4.84. The van der Waals surface area contributed by atoms with Crippen LogP contribution in [0.2, 0.25) is 0 Å². The molecule has 2 rings (SSSR count). The lowest BCUT2D eigenvalue weighted by Crippen LogP contribution is -2.43.